The van der Waals surface area contributed by atoms with Gasteiger partial charge in [-0.05, 0) is 114 Å². The van der Waals surface area contributed by atoms with Crippen molar-refractivity contribution in [3.63, 3.8) is 0 Å². The molecule has 3 aromatic heterocycles. The Morgan fingerprint density at radius 2 is 1.28 bits per heavy atom. The molecule has 0 radical (unpaired) electrons. The number of hydrogen-bond donors (Lipinski definition) is 0. The van der Waals surface area contributed by atoms with Crippen molar-refractivity contribution in [1.82, 2.24) is 9.55 Å². The fourth-order valence-electron chi connectivity index (χ4n) is 8.91. The summed E-state index contributed by atoms with van der Waals surface area (Å²) in [7, 11) is 0. The molecule has 58 heavy (non-hydrogen) atoms. The van der Waals surface area contributed by atoms with Crippen LogP contribution in [0.3, 0.4) is 0 Å². The second-order valence-electron chi connectivity index (χ2n) is 17.9. The van der Waals surface area contributed by atoms with Gasteiger partial charge in [-0.15, -0.1) is 11.3 Å². The molecule has 0 saturated carbocycles. The van der Waals surface area contributed by atoms with E-state index in [4.69, 9.17) is 9.72 Å². The minimum atomic E-state index is -0.0198. The number of benzene rings is 6. The molecule has 6 heteroatoms. The Bertz CT molecular complexity index is 3060. The summed E-state index contributed by atoms with van der Waals surface area (Å²) >= 11 is 1.85. The van der Waals surface area contributed by atoms with Gasteiger partial charge in [0.25, 0.3) is 0 Å². The van der Waals surface area contributed by atoms with Crippen LogP contribution in [0.5, 0.6) is 11.5 Å². The number of ether oxygens (including phenoxy) is 1. The average Bonchev–Trinajstić information content (AvgIpc) is 3.87. The Kier molecular flexibility index (Phi) is 8.26. The van der Waals surface area contributed by atoms with Crippen LogP contribution in [-0.2, 0) is 10.8 Å². The van der Waals surface area contributed by atoms with E-state index < -0.39 is 0 Å². The number of rotatable bonds is 5. The minimum absolute atomic E-state index is 0.0198. The number of pyridine rings is 1. The number of fused-ring (bicyclic) bond motifs is 8. The lowest BCUT2D eigenvalue weighted by molar-refractivity contribution is 0.483. The van der Waals surface area contributed by atoms with Gasteiger partial charge in [-0.25, -0.2) is 4.98 Å². The van der Waals surface area contributed by atoms with E-state index in [1.165, 1.54) is 70.3 Å². The molecule has 0 aliphatic carbocycles. The molecule has 4 heterocycles. The zero-order chi connectivity index (χ0) is 40.1. The molecular formula is C52H48N4OS. The van der Waals surface area contributed by atoms with Crippen molar-refractivity contribution in [3.8, 4) is 17.3 Å². The molecule has 10 rings (SSSR count). The Morgan fingerprint density at radius 3 is 2.03 bits per heavy atom. The maximum atomic E-state index is 6.81. The summed E-state index contributed by atoms with van der Waals surface area (Å²) in [6, 6.07) is 46.1. The van der Waals surface area contributed by atoms with E-state index in [1.807, 2.05) is 17.5 Å². The van der Waals surface area contributed by atoms with Crippen LogP contribution in [0, 0.1) is 13.8 Å². The first kappa shape index (κ1) is 36.2. The second kappa shape index (κ2) is 13.2. The van der Waals surface area contributed by atoms with Crippen molar-refractivity contribution in [2.45, 2.75) is 66.2 Å². The van der Waals surface area contributed by atoms with Crippen molar-refractivity contribution in [1.29, 1.82) is 0 Å². The van der Waals surface area contributed by atoms with Gasteiger partial charge in [0.2, 0.25) is 0 Å². The molecule has 1 aliphatic rings. The van der Waals surface area contributed by atoms with E-state index in [0.717, 1.165) is 34.0 Å². The van der Waals surface area contributed by atoms with Gasteiger partial charge in [0.1, 0.15) is 24.0 Å². The van der Waals surface area contributed by atoms with Crippen molar-refractivity contribution in [2.75, 3.05) is 16.5 Å². The minimum Gasteiger partial charge on any atom is -0.457 e. The molecule has 0 spiro atoms. The third kappa shape index (κ3) is 5.92. The van der Waals surface area contributed by atoms with E-state index in [-0.39, 0.29) is 10.8 Å². The lowest BCUT2D eigenvalue weighted by atomic mass is 9.84. The van der Waals surface area contributed by atoms with Gasteiger partial charge in [-0.2, -0.15) is 0 Å². The molecule has 0 unspecified atom stereocenters. The van der Waals surface area contributed by atoms with Crippen LogP contribution < -0.4 is 14.5 Å². The number of nitrogens with zero attached hydrogens (tertiary/aromatic N) is 4. The van der Waals surface area contributed by atoms with Crippen LogP contribution in [0.1, 0.15) is 63.8 Å². The second-order valence-corrected chi connectivity index (χ2v) is 19.0. The summed E-state index contributed by atoms with van der Waals surface area (Å²) in [6.07, 6.45) is 1.94. The van der Waals surface area contributed by atoms with E-state index in [1.54, 1.807) is 0 Å². The third-order valence-corrected chi connectivity index (χ3v) is 13.0. The molecule has 288 valence electrons. The van der Waals surface area contributed by atoms with E-state index >= 15 is 0 Å². The predicted octanol–water partition coefficient (Wildman–Crippen LogP) is 14.8. The van der Waals surface area contributed by atoms with Gasteiger partial charge < -0.3 is 14.5 Å². The van der Waals surface area contributed by atoms with Crippen molar-refractivity contribution < 1.29 is 4.74 Å². The molecule has 1 aliphatic heterocycles. The number of anilines is 4. The topological polar surface area (TPSA) is 33.5 Å². The van der Waals surface area contributed by atoms with E-state index in [0.29, 0.717) is 6.67 Å². The van der Waals surface area contributed by atoms with Gasteiger partial charge in [0, 0.05) is 60.6 Å². The highest BCUT2D eigenvalue weighted by Crippen LogP contribution is 2.48. The molecule has 0 fully saturated rings. The Balaban J connectivity index is 1.06. The molecular weight excluding hydrogens is 729 g/mol. The summed E-state index contributed by atoms with van der Waals surface area (Å²) in [5, 5.41) is 5.01. The maximum Gasteiger partial charge on any atom is 0.137 e. The maximum absolute atomic E-state index is 6.81. The summed E-state index contributed by atoms with van der Waals surface area (Å²) in [4.78, 5) is 9.84. The van der Waals surface area contributed by atoms with Crippen LogP contribution in [0.4, 0.5) is 22.7 Å². The highest BCUT2D eigenvalue weighted by Gasteiger charge is 2.31. The fourth-order valence-corrected chi connectivity index (χ4v) is 10.0. The lowest BCUT2D eigenvalue weighted by Gasteiger charge is -2.28. The predicted molar refractivity (Wildman–Crippen MR) is 247 cm³/mol. The van der Waals surface area contributed by atoms with E-state index in [9.17, 15) is 0 Å². The van der Waals surface area contributed by atoms with Gasteiger partial charge in [-0.1, -0.05) is 90.1 Å². The largest absolute Gasteiger partial charge is 0.457 e. The molecule has 0 atom stereocenters. The number of para-hydroxylation sites is 2. The summed E-state index contributed by atoms with van der Waals surface area (Å²) in [6.45, 7) is 18.8. The van der Waals surface area contributed by atoms with E-state index in [2.05, 4.69) is 197 Å². The zero-order valence-electron chi connectivity index (χ0n) is 34.5. The molecule has 6 aromatic carbocycles. The monoisotopic (exact) mass is 776 g/mol. The highest BCUT2D eigenvalue weighted by molar-refractivity contribution is 7.26. The normalized spacial score (nSPS) is 13.4. The van der Waals surface area contributed by atoms with Gasteiger partial charge in [-0.3, -0.25) is 4.57 Å². The summed E-state index contributed by atoms with van der Waals surface area (Å²) < 4.78 is 11.7. The van der Waals surface area contributed by atoms with Crippen LogP contribution >= 0.6 is 11.3 Å². The molecule has 0 bridgehead atoms. The quantitative estimate of drug-likeness (QED) is 0.174. The zero-order valence-corrected chi connectivity index (χ0v) is 35.3. The SMILES string of the molecule is Cc1cc(C(C)(C)C)cc(C)c1N1CN(c2cccc(Oc3ccc4c5c6c(ccc5n(-c5cc(C(C)(C)C)ccn5)c4c3)sc3ccccc36)c2)c2ccccc21. The summed E-state index contributed by atoms with van der Waals surface area (Å²) in [5.41, 5.74) is 12.2. The van der Waals surface area contributed by atoms with Gasteiger partial charge in [0.05, 0.1) is 22.4 Å². The average molecular weight is 777 g/mol. The Hall–Kier alpha value is -6.11. The standard InChI is InChI=1S/C52H48N4OS/c1-32-26-35(52(6,7)8)27-33(2)50(32)55-31-54(41-17-10-11-18-42(41)55)36-14-13-15-37(29-36)57-38-20-21-39-44(30-38)56(47-28-34(24-25-53-47)51(3,4)5)43-22-23-46-49(48(39)43)40-16-9-12-19-45(40)58-46/h9-30H,31H2,1-8H3. The first-order valence-corrected chi connectivity index (χ1v) is 21.0. The number of aromatic nitrogens is 2. The Labute approximate surface area is 344 Å². The van der Waals surface area contributed by atoms with Crippen LogP contribution in [0.15, 0.2) is 134 Å². The van der Waals surface area contributed by atoms with Gasteiger partial charge in [0.15, 0.2) is 0 Å². The van der Waals surface area contributed by atoms with Crippen molar-refractivity contribution >= 4 is 76.1 Å². The Morgan fingerprint density at radius 1 is 0.569 bits per heavy atom. The highest BCUT2D eigenvalue weighted by atomic mass is 32.1. The van der Waals surface area contributed by atoms with Gasteiger partial charge >= 0.3 is 0 Å². The van der Waals surface area contributed by atoms with Crippen LogP contribution in [0.25, 0.3) is 47.8 Å². The number of thiophene rings is 1. The first-order valence-electron chi connectivity index (χ1n) is 20.2. The smallest absolute Gasteiger partial charge is 0.137 e. The molecule has 0 amide bonds. The van der Waals surface area contributed by atoms with Crippen molar-refractivity contribution in [2.24, 2.45) is 0 Å². The molecule has 5 nitrogen and oxygen atoms in total. The third-order valence-electron chi connectivity index (χ3n) is 11.8. The van der Waals surface area contributed by atoms with Crippen LogP contribution in [0.2, 0.25) is 0 Å². The first-order chi connectivity index (χ1) is 27.8. The van der Waals surface area contributed by atoms with Crippen molar-refractivity contribution in [3.05, 3.63) is 156 Å². The molecule has 0 N–H and O–H groups in total. The number of aryl methyl sites for hydroxylation is 2. The lowest BCUT2D eigenvalue weighted by Crippen LogP contribution is -2.25. The molecule has 0 saturated heterocycles. The molecule has 9 aromatic rings. The fraction of sp³-hybridized carbons (Fsp3) is 0.212. The number of hydrogen-bond acceptors (Lipinski definition) is 5. The van der Waals surface area contributed by atoms with Crippen LogP contribution in [-0.4, -0.2) is 16.2 Å². The summed E-state index contributed by atoms with van der Waals surface area (Å²) in [5.74, 6) is 2.47.